The third-order valence-electron chi connectivity index (χ3n) is 4.81. The van der Waals surface area contributed by atoms with Crippen molar-refractivity contribution in [2.75, 3.05) is 20.3 Å². The fraction of sp³-hybridized carbons (Fsp3) is 0.706. The number of nitrogens with one attached hydrogen (secondary N) is 1. The van der Waals surface area contributed by atoms with Crippen LogP contribution in [0.25, 0.3) is 0 Å². The predicted octanol–water partition coefficient (Wildman–Crippen LogP) is -0.152. The number of rotatable bonds is 4. The van der Waals surface area contributed by atoms with Gasteiger partial charge in [0.15, 0.2) is 5.79 Å². The van der Waals surface area contributed by atoms with Gasteiger partial charge in [-0.1, -0.05) is 0 Å². The van der Waals surface area contributed by atoms with E-state index in [0.717, 1.165) is 4.57 Å². The Morgan fingerprint density at radius 2 is 2.11 bits per heavy atom. The molecule has 0 bridgehead atoms. The maximum Gasteiger partial charge on any atom is 0.362 e. The number of likely N-dealkylation sites (N-methyl/N-ethyl adjacent to an activating group) is 1. The Kier molecular flexibility index (Phi) is 5.02. The van der Waals surface area contributed by atoms with E-state index in [1.54, 1.807) is 34.7 Å². The largest absolute Gasteiger partial charge is 0.462 e. The van der Waals surface area contributed by atoms with Crippen LogP contribution in [0.1, 0.15) is 32.8 Å². The highest BCUT2D eigenvalue weighted by molar-refractivity contribution is 5.77. The Labute approximate surface area is 155 Å². The van der Waals surface area contributed by atoms with Crippen LogP contribution in [-0.2, 0) is 29.6 Å². The molecule has 3 heterocycles. The lowest BCUT2D eigenvalue weighted by Crippen LogP contribution is -2.51. The number of H-pyrrole nitrogens is 1. The lowest BCUT2D eigenvalue weighted by atomic mass is 10.00. The number of carbonyl (C=O) groups excluding carboxylic acids is 1. The monoisotopic (exact) mass is 383 g/mol. The van der Waals surface area contributed by atoms with Crippen molar-refractivity contribution in [2.24, 2.45) is 0 Å². The number of nitrogens with zero attached hydrogens (tertiary/aromatic N) is 2. The summed E-state index contributed by atoms with van der Waals surface area (Å²) in [6.07, 6.45) is 1.04. The maximum atomic E-state index is 12.9. The number of aromatic amines is 1. The number of aromatic nitrogens is 2. The van der Waals surface area contributed by atoms with Crippen molar-refractivity contribution in [1.82, 2.24) is 14.6 Å². The van der Waals surface area contributed by atoms with Gasteiger partial charge in [-0.15, -0.1) is 0 Å². The van der Waals surface area contributed by atoms with Crippen molar-refractivity contribution in [2.45, 2.75) is 57.8 Å². The molecule has 0 radical (unpaired) electrons. The predicted molar refractivity (Wildman–Crippen MR) is 92.8 cm³/mol. The molecule has 0 saturated carbocycles. The second kappa shape index (κ2) is 6.86. The average Bonchev–Trinajstić information content (AvgIpc) is 3.11. The molecule has 0 unspecified atom stereocenters. The fourth-order valence-electron chi connectivity index (χ4n) is 3.47. The average molecular weight is 383 g/mol. The minimum Gasteiger partial charge on any atom is -0.462 e. The fourth-order valence-corrected chi connectivity index (χ4v) is 3.47. The van der Waals surface area contributed by atoms with Crippen molar-refractivity contribution in [1.29, 1.82) is 0 Å². The van der Waals surface area contributed by atoms with Crippen LogP contribution >= 0.6 is 0 Å². The Bertz CT molecular complexity index is 846. The van der Waals surface area contributed by atoms with Crippen molar-refractivity contribution < 1.29 is 23.8 Å². The van der Waals surface area contributed by atoms with E-state index in [9.17, 15) is 14.4 Å². The number of aryl methyl sites for hydroxylation is 1. The first-order valence-corrected chi connectivity index (χ1v) is 8.83. The van der Waals surface area contributed by atoms with Crippen molar-refractivity contribution in [3.63, 3.8) is 0 Å². The summed E-state index contributed by atoms with van der Waals surface area (Å²) >= 11 is 0. The zero-order valence-electron chi connectivity index (χ0n) is 16.1. The number of carbonyl (C=O) groups is 1. The van der Waals surface area contributed by atoms with Gasteiger partial charge in [-0.05, 0) is 27.7 Å². The van der Waals surface area contributed by atoms with E-state index in [1.807, 2.05) is 0 Å². The summed E-state index contributed by atoms with van der Waals surface area (Å²) in [5.74, 6) is -1.46. The highest BCUT2D eigenvalue weighted by atomic mass is 16.8. The quantitative estimate of drug-likeness (QED) is 0.715. The van der Waals surface area contributed by atoms with Crippen LogP contribution in [0.3, 0.4) is 0 Å². The lowest BCUT2D eigenvalue weighted by Gasteiger charge is -2.27. The molecule has 3 rings (SSSR count). The summed E-state index contributed by atoms with van der Waals surface area (Å²) in [5, 5.41) is 1.49. The van der Waals surface area contributed by atoms with Crippen LogP contribution in [0.2, 0.25) is 0 Å². The topological polar surface area (TPSA) is 112 Å². The van der Waals surface area contributed by atoms with Crippen LogP contribution in [0.15, 0.2) is 15.8 Å². The molecule has 0 aromatic carbocycles. The van der Waals surface area contributed by atoms with E-state index in [1.165, 1.54) is 11.3 Å². The number of hydrogen-bond acceptors (Lipinski definition) is 8. The second-order valence-corrected chi connectivity index (χ2v) is 7.22. The van der Waals surface area contributed by atoms with Crippen LogP contribution in [0.4, 0.5) is 0 Å². The number of hydroxylamine groups is 2. The zero-order valence-corrected chi connectivity index (χ0v) is 16.1. The molecule has 10 heteroatoms. The highest BCUT2D eigenvalue weighted by Gasteiger charge is 2.57. The van der Waals surface area contributed by atoms with E-state index in [-0.39, 0.29) is 30.7 Å². The summed E-state index contributed by atoms with van der Waals surface area (Å²) < 4.78 is 17.8. The normalized spacial score (nSPS) is 30.6. The summed E-state index contributed by atoms with van der Waals surface area (Å²) in [6, 6.07) is -0.365. The number of ether oxygens (including phenoxy) is 3. The van der Waals surface area contributed by atoms with E-state index < -0.39 is 28.7 Å². The molecular formula is C17H25N3O7. The first-order chi connectivity index (χ1) is 12.6. The van der Waals surface area contributed by atoms with Crippen LogP contribution in [-0.4, -0.2) is 58.8 Å². The van der Waals surface area contributed by atoms with Gasteiger partial charge in [0.2, 0.25) is 0 Å². The molecule has 0 spiro atoms. The summed E-state index contributed by atoms with van der Waals surface area (Å²) in [5.41, 5.74) is -2.74. The van der Waals surface area contributed by atoms with E-state index in [0.29, 0.717) is 6.61 Å². The molecule has 0 amide bonds. The summed E-state index contributed by atoms with van der Waals surface area (Å²) in [6.45, 7) is 7.25. The van der Waals surface area contributed by atoms with Gasteiger partial charge in [0.1, 0.15) is 6.10 Å². The third-order valence-corrected chi connectivity index (χ3v) is 4.81. The molecule has 0 aliphatic carbocycles. The maximum absolute atomic E-state index is 12.9. The molecule has 1 aromatic rings. The first-order valence-electron chi connectivity index (χ1n) is 8.83. The van der Waals surface area contributed by atoms with Gasteiger partial charge < -0.3 is 14.2 Å². The van der Waals surface area contributed by atoms with E-state index in [4.69, 9.17) is 19.0 Å². The van der Waals surface area contributed by atoms with Crippen LogP contribution < -0.4 is 11.2 Å². The Hall–Kier alpha value is -2.01. The lowest BCUT2D eigenvalue weighted by molar-refractivity contribution is -0.243. The Morgan fingerprint density at radius 1 is 1.41 bits per heavy atom. The van der Waals surface area contributed by atoms with Gasteiger partial charge in [-0.25, -0.2) is 9.59 Å². The second-order valence-electron chi connectivity index (χ2n) is 7.22. The van der Waals surface area contributed by atoms with Crippen molar-refractivity contribution >= 4 is 5.97 Å². The smallest absolute Gasteiger partial charge is 0.362 e. The molecule has 150 valence electrons. The first kappa shape index (κ1) is 19.7. The van der Waals surface area contributed by atoms with Crippen molar-refractivity contribution in [3.8, 4) is 0 Å². The SMILES string of the molecule is CCOC(=O)[C@]1(n2cc(C)c(=O)[nH]c2=O)C[C@@H]([C@H]2COC(C)(C)O2)N(C)O1. The number of esters is 1. The minimum atomic E-state index is -1.74. The summed E-state index contributed by atoms with van der Waals surface area (Å²) in [4.78, 5) is 45.2. The molecular weight excluding hydrogens is 358 g/mol. The Morgan fingerprint density at radius 3 is 2.70 bits per heavy atom. The number of hydrogen-bond donors (Lipinski definition) is 1. The molecule has 3 atom stereocenters. The van der Waals surface area contributed by atoms with Gasteiger partial charge in [0.25, 0.3) is 11.3 Å². The molecule has 2 aliphatic rings. The molecule has 1 N–H and O–H groups in total. The van der Waals surface area contributed by atoms with Gasteiger partial charge >= 0.3 is 11.7 Å². The zero-order chi connectivity index (χ0) is 20.0. The van der Waals surface area contributed by atoms with Crippen LogP contribution in [0.5, 0.6) is 0 Å². The third kappa shape index (κ3) is 3.45. The van der Waals surface area contributed by atoms with Gasteiger partial charge in [0, 0.05) is 25.2 Å². The van der Waals surface area contributed by atoms with Crippen molar-refractivity contribution in [3.05, 3.63) is 32.6 Å². The van der Waals surface area contributed by atoms with Gasteiger partial charge in [-0.2, -0.15) is 5.06 Å². The van der Waals surface area contributed by atoms with Gasteiger partial charge in [-0.3, -0.25) is 19.2 Å². The molecule has 1 aromatic heterocycles. The molecule has 27 heavy (non-hydrogen) atoms. The van der Waals surface area contributed by atoms with E-state index in [2.05, 4.69) is 4.98 Å². The minimum absolute atomic E-state index is 0.0951. The summed E-state index contributed by atoms with van der Waals surface area (Å²) in [7, 11) is 1.66. The van der Waals surface area contributed by atoms with E-state index >= 15 is 0 Å². The Balaban J connectivity index is 2.03. The standard InChI is InChI=1S/C17H25N3O7/c1-6-24-14(22)17(20-8-10(2)13(21)18-15(20)23)7-11(19(5)27-17)12-9-25-16(3,4)26-12/h8,11-12H,6-7,9H2,1-5H3,(H,18,21,23)/t11-,12+,17-/m0/s1. The molecule has 2 aliphatic heterocycles. The van der Waals surface area contributed by atoms with Gasteiger partial charge in [0.05, 0.1) is 19.3 Å². The molecule has 2 saturated heterocycles. The molecule has 10 nitrogen and oxygen atoms in total. The highest BCUT2D eigenvalue weighted by Crippen LogP contribution is 2.39. The molecule has 2 fully saturated rings. The van der Waals surface area contributed by atoms with Crippen LogP contribution in [0, 0.1) is 6.92 Å².